The van der Waals surface area contributed by atoms with Gasteiger partial charge >= 0.3 is 0 Å². The van der Waals surface area contributed by atoms with Crippen LogP contribution in [0, 0.1) is 13.8 Å². The van der Waals surface area contributed by atoms with Gasteiger partial charge in [0.2, 0.25) is 15.9 Å². The van der Waals surface area contributed by atoms with Crippen LogP contribution in [0.2, 0.25) is 0 Å². The molecule has 8 heteroatoms. The molecule has 0 bridgehead atoms. The molecule has 0 fully saturated rings. The number of hydrogen-bond acceptors (Lipinski definition) is 4. The van der Waals surface area contributed by atoms with Crippen LogP contribution in [0.5, 0.6) is 0 Å². The number of sulfonamides is 1. The van der Waals surface area contributed by atoms with E-state index in [1.165, 1.54) is 15.5 Å². The molecule has 7 nitrogen and oxygen atoms in total. The molecule has 30 heavy (non-hydrogen) atoms. The Morgan fingerprint density at radius 2 is 1.63 bits per heavy atom. The number of nitrogens with zero attached hydrogens (tertiary/aromatic N) is 2. The molecule has 0 radical (unpaired) electrons. The zero-order valence-electron chi connectivity index (χ0n) is 18.1. The van der Waals surface area contributed by atoms with E-state index in [-0.39, 0.29) is 24.8 Å². The Morgan fingerprint density at radius 3 is 2.20 bits per heavy atom. The van der Waals surface area contributed by atoms with Crippen LogP contribution in [0.1, 0.15) is 34.3 Å². The Labute approximate surface area is 178 Å². The second-order valence-corrected chi connectivity index (χ2v) is 9.39. The van der Waals surface area contributed by atoms with Crippen LogP contribution >= 0.6 is 0 Å². The fourth-order valence-electron chi connectivity index (χ4n) is 3.03. The van der Waals surface area contributed by atoms with E-state index in [4.69, 9.17) is 0 Å². The number of nitrogens with one attached hydrogen (secondary N) is 1. The number of carbonyl (C=O) groups is 2. The van der Waals surface area contributed by atoms with Crippen LogP contribution in [-0.2, 0) is 14.8 Å². The molecule has 0 unspecified atom stereocenters. The van der Waals surface area contributed by atoms with Gasteiger partial charge in [0.05, 0.1) is 11.9 Å². The number of benzene rings is 2. The summed E-state index contributed by atoms with van der Waals surface area (Å²) in [7, 11) is -0.115. The van der Waals surface area contributed by atoms with Crippen LogP contribution in [0.15, 0.2) is 42.5 Å². The van der Waals surface area contributed by atoms with E-state index in [2.05, 4.69) is 5.32 Å². The lowest BCUT2D eigenvalue weighted by atomic mass is 10.1. The van der Waals surface area contributed by atoms with E-state index in [1.54, 1.807) is 44.4 Å². The fourth-order valence-corrected chi connectivity index (χ4v) is 4.05. The first-order chi connectivity index (χ1) is 14.0. The van der Waals surface area contributed by atoms with E-state index in [9.17, 15) is 18.0 Å². The third kappa shape index (κ3) is 6.06. The maximum atomic E-state index is 12.3. The van der Waals surface area contributed by atoms with Crippen molar-refractivity contribution < 1.29 is 18.0 Å². The Bertz CT molecular complexity index is 1020. The zero-order valence-corrected chi connectivity index (χ0v) is 18.9. The molecule has 0 aliphatic heterocycles. The zero-order chi connectivity index (χ0) is 22.5. The van der Waals surface area contributed by atoms with Crippen molar-refractivity contribution in [2.45, 2.75) is 26.7 Å². The second-order valence-electron chi connectivity index (χ2n) is 7.48. The Balaban J connectivity index is 1.98. The Morgan fingerprint density at radius 1 is 1.00 bits per heavy atom. The molecule has 0 aromatic heterocycles. The van der Waals surface area contributed by atoms with Gasteiger partial charge in [-0.15, -0.1) is 0 Å². The molecule has 2 aromatic carbocycles. The summed E-state index contributed by atoms with van der Waals surface area (Å²) in [6.45, 7) is 4.04. The van der Waals surface area contributed by atoms with Crippen molar-refractivity contribution in [1.29, 1.82) is 0 Å². The summed E-state index contributed by atoms with van der Waals surface area (Å²) in [5.74, 6) is -0.323. The second kappa shape index (κ2) is 9.75. The molecule has 0 heterocycles. The quantitative estimate of drug-likeness (QED) is 0.695. The Hall–Kier alpha value is -2.87. The minimum atomic E-state index is -3.47. The van der Waals surface area contributed by atoms with Gasteiger partial charge in [-0.3, -0.25) is 13.9 Å². The molecule has 2 aromatic rings. The van der Waals surface area contributed by atoms with Crippen molar-refractivity contribution in [2.24, 2.45) is 0 Å². The van der Waals surface area contributed by atoms with E-state index < -0.39 is 10.0 Å². The van der Waals surface area contributed by atoms with Gasteiger partial charge in [0, 0.05) is 38.3 Å². The average Bonchev–Trinajstić information content (AvgIpc) is 2.67. The van der Waals surface area contributed by atoms with Crippen molar-refractivity contribution in [3.05, 3.63) is 59.2 Å². The minimum absolute atomic E-state index is 0.111. The first kappa shape index (κ1) is 23.4. The van der Waals surface area contributed by atoms with Gasteiger partial charge in [-0.2, -0.15) is 0 Å². The number of amides is 2. The Kier molecular flexibility index (Phi) is 7.61. The minimum Gasteiger partial charge on any atom is -0.345 e. The topological polar surface area (TPSA) is 86.8 Å². The number of carbonyl (C=O) groups excluding carboxylic acids is 2. The highest BCUT2D eigenvalue weighted by molar-refractivity contribution is 7.92. The summed E-state index contributed by atoms with van der Waals surface area (Å²) in [6.07, 6.45) is 1.73. The highest BCUT2D eigenvalue weighted by Crippen LogP contribution is 2.25. The maximum Gasteiger partial charge on any atom is 0.253 e. The van der Waals surface area contributed by atoms with Crippen molar-refractivity contribution in [2.75, 3.05) is 36.5 Å². The molecule has 0 saturated carbocycles. The largest absolute Gasteiger partial charge is 0.345 e. The summed E-state index contributed by atoms with van der Waals surface area (Å²) in [5, 5.41) is 2.78. The molecule has 1 N–H and O–H groups in total. The lowest BCUT2D eigenvalue weighted by Crippen LogP contribution is -2.32. The number of hydrogen-bond donors (Lipinski definition) is 1. The standard InChI is InChI=1S/C22H29N3O4S/c1-16-8-6-9-20(17(16)2)25(30(5,28)29)15-7-10-21(26)23-19-13-11-18(12-14-19)22(27)24(3)4/h6,8-9,11-14H,7,10,15H2,1-5H3,(H,23,26). The smallest absolute Gasteiger partial charge is 0.253 e. The SMILES string of the molecule is Cc1cccc(N(CCCC(=O)Nc2ccc(C(=O)N(C)C)cc2)S(C)(=O)=O)c1C. The van der Waals surface area contributed by atoms with Crippen LogP contribution < -0.4 is 9.62 Å². The van der Waals surface area contributed by atoms with Gasteiger partial charge in [0.25, 0.3) is 5.91 Å². The van der Waals surface area contributed by atoms with Gasteiger partial charge in [0.1, 0.15) is 0 Å². The van der Waals surface area contributed by atoms with Crippen molar-refractivity contribution in [3.8, 4) is 0 Å². The third-order valence-corrected chi connectivity index (χ3v) is 6.01. The summed E-state index contributed by atoms with van der Waals surface area (Å²) in [6, 6.07) is 12.2. The third-order valence-electron chi connectivity index (χ3n) is 4.83. The summed E-state index contributed by atoms with van der Waals surface area (Å²) < 4.78 is 25.9. The van der Waals surface area contributed by atoms with E-state index in [0.29, 0.717) is 23.4 Å². The molecule has 0 aliphatic rings. The van der Waals surface area contributed by atoms with E-state index in [0.717, 1.165) is 11.1 Å². The van der Waals surface area contributed by atoms with Crippen molar-refractivity contribution in [1.82, 2.24) is 4.90 Å². The van der Waals surface area contributed by atoms with Crippen molar-refractivity contribution >= 4 is 33.2 Å². The molecular weight excluding hydrogens is 402 g/mol. The van der Waals surface area contributed by atoms with Gasteiger partial charge < -0.3 is 10.2 Å². The predicted octanol–water partition coefficient (Wildman–Crippen LogP) is 3.19. The monoisotopic (exact) mass is 431 g/mol. The molecule has 2 rings (SSSR count). The predicted molar refractivity (Wildman–Crippen MR) is 120 cm³/mol. The van der Waals surface area contributed by atoms with Gasteiger partial charge in [0.15, 0.2) is 0 Å². The molecule has 0 saturated heterocycles. The first-order valence-electron chi connectivity index (χ1n) is 9.66. The molecule has 2 amide bonds. The lowest BCUT2D eigenvalue weighted by molar-refractivity contribution is -0.116. The van der Waals surface area contributed by atoms with E-state index >= 15 is 0 Å². The number of aryl methyl sites for hydroxylation is 1. The first-order valence-corrected chi connectivity index (χ1v) is 11.5. The molecular formula is C22H29N3O4S. The lowest BCUT2D eigenvalue weighted by Gasteiger charge is -2.24. The number of rotatable bonds is 8. The molecule has 0 atom stereocenters. The summed E-state index contributed by atoms with van der Waals surface area (Å²) >= 11 is 0. The fraction of sp³-hybridized carbons (Fsp3) is 0.364. The van der Waals surface area contributed by atoms with Crippen LogP contribution in [0.25, 0.3) is 0 Å². The van der Waals surface area contributed by atoms with Crippen LogP contribution in [0.3, 0.4) is 0 Å². The molecule has 162 valence electrons. The highest BCUT2D eigenvalue weighted by atomic mass is 32.2. The normalized spacial score (nSPS) is 11.1. The number of anilines is 2. The molecule has 0 spiro atoms. The average molecular weight is 432 g/mol. The van der Waals surface area contributed by atoms with Gasteiger partial charge in [-0.05, 0) is 61.7 Å². The van der Waals surface area contributed by atoms with E-state index in [1.807, 2.05) is 26.0 Å². The summed E-state index contributed by atoms with van der Waals surface area (Å²) in [5.41, 5.74) is 3.68. The molecule has 0 aliphatic carbocycles. The van der Waals surface area contributed by atoms with Crippen LogP contribution in [0.4, 0.5) is 11.4 Å². The van der Waals surface area contributed by atoms with Crippen molar-refractivity contribution in [3.63, 3.8) is 0 Å². The highest BCUT2D eigenvalue weighted by Gasteiger charge is 2.20. The summed E-state index contributed by atoms with van der Waals surface area (Å²) in [4.78, 5) is 25.7. The maximum absolute atomic E-state index is 12.3. The van der Waals surface area contributed by atoms with Gasteiger partial charge in [-0.25, -0.2) is 8.42 Å². The van der Waals surface area contributed by atoms with Crippen LogP contribution in [-0.4, -0.2) is 52.0 Å². The van der Waals surface area contributed by atoms with Gasteiger partial charge in [-0.1, -0.05) is 12.1 Å².